The van der Waals surface area contributed by atoms with E-state index in [-0.39, 0.29) is 0 Å². The van der Waals surface area contributed by atoms with Gasteiger partial charge in [0.2, 0.25) is 0 Å². The Kier molecular flexibility index (Phi) is 4.17. The summed E-state index contributed by atoms with van der Waals surface area (Å²) in [6.07, 6.45) is 7.52. The van der Waals surface area contributed by atoms with E-state index in [9.17, 15) is 0 Å². The Morgan fingerprint density at radius 1 is 1.67 bits per heavy atom. The molecule has 1 aromatic heterocycles. The molecule has 2 rings (SSSR count). The molecule has 1 fully saturated rings. The second-order valence-electron chi connectivity index (χ2n) is 4.26. The summed E-state index contributed by atoms with van der Waals surface area (Å²) in [5, 5.41) is 4.70. The molecule has 15 heavy (non-hydrogen) atoms. The van der Waals surface area contributed by atoms with Crippen molar-refractivity contribution in [2.75, 3.05) is 6.54 Å². The summed E-state index contributed by atoms with van der Waals surface area (Å²) >= 11 is 5.15. The van der Waals surface area contributed by atoms with Crippen molar-refractivity contribution in [2.45, 2.75) is 38.6 Å². The smallest absolute Gasteiger partial charge is 0.110 e. The molecule has 0 aromatic carbocycles. The van der Waals surface area contributed by atoms with Gasteiger partial charge in [-0.3, -0.25) is 0 Å². The van der Waals surface area contributed by atoms with Crippen LogP contribution < -0.4 is 5.32 Å². The first-order valence-corrected chi connectivity index (χ1v) is 7.21. The second-order valence-corrected chi connectivity index (χ2v) is 6.71. The van der Waals surface area contributed by atoms with Crippen LogP contribution in [0, 0.1) is 5.92 Å². The van der Waals surface area contributed by atoms with Gasteiger partial charge in [-0.1, -0.05) is 12.8 Å². The molecule has 0 saturated heterocycles. The molecule has 1 heterocycles. The topological polar surface area (TPSA) is 24.9 Å². The van der Waals surface area contributed by atoms with Crippen molar-refractivity contribution < 1.29 is 0 Å². The Balaban J connectivity index is 1.64. The van der Waals surface area contributed by atoms with Gasteiger partial charge in [0.05, 0.1) is 16.0 Å². The van der Waals surface area contributed by atoms with Crippen molar-refractivity contribution >= 4 is 27.3 Å². The predicted octanol–water partition coefficient (Wildman–Crippen LogP) is 3.75. The number of halogens is 1. The molecular formula is C11H17BrN2S. The van der Waals surface area contributed by atoms with Crippen molar-refractivity contribution in [2.24, 2.45) is 5.92 Å². The normalized spacial score (nSPS) is 18.0. The van der Waals surface area contributed by atoms with Crippen LogP contribution in [0.5, 0.6) is 0 Å². The fraction of sp³-hybridized carbons (Fsp3) is 0.727. The molecule has 1 saturated carbocycles. The minimum Gasteiger partial charge on any atom is -0.308 e. The Hall–Kier alpha value is 0.0700. The maximum Gasteiger partial charge on any atom is 0.110 e. The molecule has 0 bridgehead atoms. The fourth-order valence-corrected chi connectivity index (χ4v) is 2.94. The largest absolute Gasteiger partial charge is 0.308 e. The number of nitrogens with one attached hydrogen (secondary N) is 1. The number of hydrogen-bond donors (Lipinski definition) is 1. The Morgan fingerprint density at radius 2 is 2.47 bits per heavy atom. The molecule has 2 nitrogen and oxygen atoms in total. The van der Waals surface area contributed by atoms with E-state index in [1.807, 2.05) is 6.20 Å². The van der Waals surface area contributed by atoms with Crippen LogP contribution in [-0.4, -0.2) is 11.5 Å². The van der Waals surface area contributed by atoms with E-state index in [4.69, 9.17) is 0 Å². The van der Waals surface area contributed by atoms with Gasteiger partial charge in [-0.15, -0.1) is 11.3 Å². The zero-order valence-corrected chi connectivity index (χ0v) is 11.4. The molecule has 1 N–H and O–H groups in total. The van der Waals surface area contributed by atoms with Crippen molar-refractivity contribution in [1.29, 1.82) is 0 Å². The summed E-state index contributed by atoms with van der Waals surface area (Å²) in [6, 6.07) is 0.389. The summed E-state index contributed by atoms with van der Waals surface area (Å²) in [6.45, 7) is 3.30. The first-order valence-electron chi connectivity index (χ1n) is 5.60. The first kappa shape index (κ1) is 11.6. The van der Waals surface area contributed by atoms with Crippen LogP contribution >= 0.6 is 27.3 Å². The number of thiazole rings is 1. The van der Waals surface area contributed by atoms with Gasteiger partial charge < -0.3 is 5.32 Å². The van der Waals surface area contributed by atoms with Crippen molar-refractivity contribution in [3.8, 4) is 0 Å². The van der Waals surface area contributed by atoms with Crippen LogP contribution in [0.15, 0.2) is 9.98 Å². The minimum absolute atomic E-state index is 0.389. The molecule has 84 valence electrons. The predicted molar refractivity (Wildman–Crippen MR) is 68.2 cm³/mol. The van der Waals surface area contributed by atoms with E-state index < -0.39 is 0 Å². The molecule has 4 heteroatoms. The average Bonchev–Trinajstić information content (AvgIpc) is 2.94. The molecule has 1 unspecified atom stereocenters. The Bertz CT molecular complexity index is 309. The SMILES string of the molecule is CC(NCCCC1CC1)c1ncc(Br)s1. The van der Waals surface area contributed by atoms with Crippen LogP contribution in [0.25, 0.3) is 0 Å². The highest BCUT2D eigenvalue weighted by Gasteiger charge is 2.20. The van der Waals surface area contributed by atoms with Crippen LogP contribution in [-0.2, 0) is 0 Å². The van der Waals surface area contributed by atoms with Gasteiger partial charge in [0.15, 0.2) is 0 Å². The van der Waals surface area contributed by atoms with Gasteiger partial charge in [0.1, 0.15) is 5.01 Å². The third-order valence-electron chi connectivity index (χ3n) is 2.80. The standard InChI is InChI=1S/C11H17BrN2S/c1-8(11-14-7-10(12)15-11)13-6-2-3-9-4-5-9/h7-9,13H,2-6H2,1H3. The zero-order valence-electron chi connectivity index (χ0n) is 9.00. The van der Waals surface area contributed by atoms with E-state index in [2.05, 4.69) is 33.2 Å². The Labute approximate surface area is 104 Å². The van der Waals surface area contributed by atoms with Crippen molar-refractivity contribution in [3.05, 3.63) is 15.0 Å². The van der Waals surface area contributed by atoms with E-state index >= 15 is 0 Å². The van der Waals surface area contributed by atoms with Gasteiger partial charge in [-0.2, -0.15) is 0 Å². The molecule has 0 aliphatic heterocycles. The molecule has 1 atom stereocenters. The lowest BCUT2D eigenvalue weighted by atomic mass is 10.2. The number of aromatic nitrogens is 1. The summed E-state index contributed by atoms with van der Waals surface area (Å²) in [7, 11) is 0. The number of nitrogens with zero attached hydrogens (tertiary/aromatic N) is 1. The molecule has 1 aromatic rings. The summed E-state index contributed by atoms with van der Waals surface area (Å²) < 4.78 is 1.11. The van der Waals surface area contributed by atoms with Crippen LogP contribution in [0.4, 0.5) is 0 Å². The quantitative estimate of drug-likeness (QED) is 0.807. The van der Waals surface area contributed by atoms with E-state index in [1.54, 1.807) is 11.3 Å². The lowest BCUT2D eigenvalue weighted by molar-refractivity contribution is 0.531. The highest BCUT2D eigenvalue weighted by atomic mass is 79.9. The monoisotopic (exact) mass is 288 g/mol. The highest BCUT2D eigenvalue weighted by molar-refractivity contribution is 9.11. The van der Waals surface area contributed by atoms with E-state index in [0.29, 0.717) is 6.04 Å². The van der Waals surface area contributed by atoms with Crippen LogP contribution in [0.1, 0.15) is 43.7 Å². The third-order valence-corrected chi connectivity index (χ3v) is 4.46. The van der Waals surface area contributed by atoms with E-state index in [1.165, 1.54) is 30.7 Å². The lowest BCUT2D eigenvalue weighted by Crippen LogP contribution is -2.19. The summed E-state index contributed by atoms with van der Waals surface area (Å²) in [5.74, 6) is 1.05. The van der Waals surface area contributed by atoms with Gasteiger partial charge in [0.25, 0.3) is 0 Å². The van der Waals surface area contributed by atoms with Gasteiger partial charge in [0, 0.05) is 0 Å². The van der Waals surface area contributed by atoms with Gasteiger partial charge in [-0.05, 0) is 48.2 Å². The van der Waals surface area contributed by atoms with Crippen LogP contribution in [0.2, 0.25) is 0 Å². The minimum atomic E-state index is 0.389. The molecule has 0 amide bonds. The molecular weight excluding hydrogens is 272 g/mol. The maximum atomic E-state index is 4.35. The average molecular weight is 289 g/mol. The molecule has 0 spiro atoms. The summed E-state index contributed by atoms with van der Waals surface area (Å²) in [5.41, 5.74) is 0. The third kappa shape index (κ3) is 3.85. The molecule has 1 aliphatic rings. The Morgan fingerprint density at radius 3 is 3.07 bits per heavy atom. The highest BCUT2D eigenvalue weighted by Crippen LogP contribution is 2.33. The first-order chi connectivity index (χ1) is 7.25. The van der Waals surface area contributed by atoms with Crippen LogP contribution in [0.3, 0.4) is 0 Å². The zero-order chi connectivity index (χ0) is 10.7. The van der Waals surface area contributed by atoms with Crippen molar-refractivity contribution in [1.82, 2.24) is 10.3 Å². The summed E-state index contributed by atoms with van der Waals surface area (Å²) in [4.78, 5) is 4.35. The lowest BCUT2D eigenvalue weighted by Gasteiger charge is -2.10. The van der Waals surface area contributed by atoms with Gasteiger partial charge >= 0.3 is 0 Å². The van der Waals surface area contributed by atoms with Gasteiger partial charge in [-0.25, -0.2) is 4.98 Å². The molecule has 0 radical (unpaired) electrons. The second kappa shape index (κ2) is 5.41. The fourth-order valence-electron chi connectivity index (χ4n) is 1.67. The molecule has 1 aliphatic carbocycles. The van der Waals surface area contributed by atoms with Crippen molar-refractivity contribution in [3.63, 3.8) is 0 Å². The number of rotatable bonds is 6. The maximum absolute atomic E-state index is 4.35. The number of hydrogen-bond acceptors (Lipinski definition) is 3. The van der Waals surface area contributed by atoms with E-state index in [0.717, 1.165) is 16.2 Å².